The van der Waals surface area contributed by atoms with Crippen molar-refractivity contribution in [3.8, 4) is 0 Å². The number of hydrogen-bond donors (Lipinski definition) is 1. The third kappa shape index (κ3) is 3.55. The van der Waals surface area contributed by atoms with Gasteiger partial charge in [-0.3, -0.25) is 15.0 Å². The van der Waals surface area contributed by atoms with E-state index in [0.717, 1.165) is 43.9 Å². The van der Waals surface area contributed by atoms with Gasteiger partial charge in [0.05, 0.1) is 24.2 Å². The van der Waals surface area contributed by atoms with Crippen LogP contribution in [0.2, 0.25) is 0 Å². The lowest BCUT2D eigenvalue weighted by atomic mass is 10.3. The van der Waals surface area contributed by atoms with Crippen molar-refractivity contribution in [3.63, 3.8) is 0 Å². The largest absolute Gasteiger partial charge is 0.379 e. The van der Waals surface area contributed by atoms with Crippen molar-refractivity contribution in [2.75, 3.05) is 38.2 Å². The predicted octanol–water partition coefficient (Wildman–Crippen LogP) is 1.06. The summed E-state index contributed by atoms with van der Waals surface area (Å²) in [6.07, 6.45) is 3.31. The molecule has 4 heterocycles. The maximum atomic E-state index is 12.8. The van der Waals surface area contributed by atoms with Crippen molar-refractivity contribution in [2.24, 2.45) is 0 Å². The number of nitrogens with zero attached hydrogens (tertiary/aromatic N) is 7. The van der Waals surface area contributed by atoms with Crippen molar-refractivity contribution in [2.45, 2.75) is 6.54 Å². The number of rotatable bonds is 5. The number of imidazole rings is 1. The summed E-state index contributed by atoms with van der Waals surface area (Å²) in [4.78, 5) is 28.0. The highest BCUT2D eigenvalue weighted by molar-refractivity contribution is 6.01. The minimum absolute atomic E-state index is 0.0514. The van der Waals surface area contributed by atoms with Gasteiger partial charge in [-0.05, 0) is 18.2 Å². The molecule has 1 N–H and O–H groups in total. The highest BCUT2D eigenvalue weighted by Gasteiger charge is 2.19. The van der Waals surface area contributed by atoms with Gasteiger partial charge in [-0.15, -0.1) is 5.10 Å². The lowest BCUT2D eigenvalue weighted by Gasteiger charge is -2.26. The lowest BCUT2D eigenvalue weighted by Crippen LogP contribution is -2.38. The number of amides is 1. The Morgan fingerprint density at radius 3 is 2.83 bits per heavy atom. The molecule has 10 heteroatoms. The number of fused-ring (bicyclic) bond motifs is 2. The van der Waals surface area contributed by atoms with Crippen LogP contribution in [0.5, 0.6) is 0 Å². The first-order valence-electron chi connectivity index (χ1n) is 9.52. The van der Waals surface area contributed by atoms with Crippen molar-refractivity contribution < 1.29 is 9.53 Å². The Morgan fingerprint density at radius 2 is 1.97 bits per heavy atom. The Labute approximate surface area is 166 Å². The van der Waals surface area contributed by atoms with E-state index in [4.69, 9.17) is 4.74 Å². The van der Waals surface area contributed by atoms with Crippen LogP contribution in [-0.2, 0) is 11.3 Å². The monoisotopic (exact) mass is 392 g/mol. The molecule has 1 fully saturated rings. The van der Waals surface area contributed by atoms with Crippen molar-refractivity contribution >= 4 is 28.7 Å². The quantitative estimate of drug-likeness (QED) is 0.542. The number of carbonyl (C=O) groups is 1. The second-order valence-corrected chi connectivity index (χ2v) is 6.78. The van der Waals surface area contributed by atoms with Crippen molar-refractivity contribution in [1.29, 1.82) is 0 Å². The van der Waals surface area contributed by atoms with Gasteiger partial charge in [0.2, 0.25) is 11.8 Å². The number of nitrogens with one attached hydrogen (secondary N) is 1. The third-order valence-corrected chi connectivity index (χ3v) is 4.94. The number of morpholine rings is 1. The van der Waals surface area contributed by atoms with Crippen LogP contribution in [0.1, 0.15) is 10.6 Å². The zero-order valence-electron chi connectivity index (χ0n) is 15.7. The maximum Gasteiger partial charge on any atom is 0.297 e. The van der Waals surface area contributed by atoms with Crippen LogP contribution in [0.25, 0.3) is 16.8 Å². The predicted molar refractivity (Wildman–Crippen MR) is 106 cm³/mol. The van der Waals surface area contributed by atoms with E-state index in [2.05, 4.69) is 30.3 Å². The number of ether oxygens (including phenoxy) is 1. The average molecular weight is 392 g/mol. The highest BCUT2D eigenvalue weighted by Crippen LogP contribution is 2.20. The Kier molecular flexibility index (Phi) is 4.62. The fourth-order valence-corrected chi connectivity index (χ4v) is 3.45. The van der Waals surface area contributed by atoms with Crippen LogP contribution in [0.4, 0.5) is 5.95 Å². The van der Waals surface area contributed by atoms with Gasteiger partial charge in [0, 0.05) is 38.6 Å². The van der Waals surface area contributed by atoms with Gasteiger partial charge < -0.3 is 9.30 Å². The molecule has 0 bridgehead atoms. The molecule has 0 atom stereocenters. The van der Waals surface area contributed by atoms with E-state index in [9.17, 15) is 4.79 Å². The summed E-state index contributed by atoms with van der Waals surface area (Å²) in [5, 5.41) is 7.05. The standard InChI is InChI=1S/C19H20N8O2/c28-17(16-22-18-20-6-3-7-27(18)24-16)23-19-21-14-4-1-2-5-15(14)26(19)9-8-25-10-12-29-13-11-25/h1-7H,8-13H2,(H,21,23,28). The lowest BCUT2D eigenvalue weighted by molar-refractivity contribution is 0.0366. The number of anilines is 1. The third-order valence-electron chi connectivity index (χ3n) is 4.94. The van der Waals surface area contributed by atoms with Crippen LogP contribution in [-0.4, -0.2) is 72.8 Å². The van der Waals surface area contributed by atoms with Crippen LogP contribution in [0, 0.1) is 0 Å². The molecular weight excluding hydrogens is 372 g/mol. The highest BCUT2D eigenvalue weighted by atomic mass is 16.5. The molecule has 0 unspecified atom stereocenters. The number of para-hydroxylation sites is 2. The number of benzene rings is 1. The summed E-state index contributed by atoms with van der Waals surface area (Å²) >= 11 is 0. The summed E-state index contributed by atoms with van der Waals surface area (Å²) in [5.74, 6) is 0.489. The molecule has 4 aromatic rings. The fourth-order valence-electron chi connectivity index (χ4n) is 3.45. The molecule has 1 aliphatic rings. The first-order valence-corrected chi connectivity index (χ1v) is 9.52. The van der Waals surface area contributed by atoms with E-state index >= 15 is 0 Å². The molecule has 1 saturated heterocycles. The van der Waals surface area contributed by atoms with Crippen LogP contribution < -0.4 is 5.32 Å². The topological polar surface area (TPSA) is 102 Å². The van der Waals surface area contributed by atoms with E-state index < -0.39 is 5.91 Å². The number of carbonyl (C=O) groups excluding carboxylic acids is 1. The Morgan fingerprint density at radius 1 is 1.10 bits per heavy atom. The van der Waals surface area contributed by atoms with Crippen molar-refractivity contribution in [3.05, 3.63) is 48.5 Å². The summed E-state index contributed by atoms with van der Waals surface area (Å²) in [6.45, 7) is 4.88. The smallest absolute Gasteiger partial charge is 0.297 e. The van der Waals surface area contributed by atoms with Crippen LogP contribution >= 0.6 is 0 Å². The molecule has 0 saturated carbocycles. The molecule has 1 amide bonds. The van der Waals surface area contributed by atoms with Crippen LogP contribution in [0.15, 0.2) is 42.7 Å². The molecule has 1 aromatic carbocycles. The minimum Gasteiger partial charge on any atom is -0.379 e. The molecule has 10 nitrogen and oxygen atoms in total. The van der Waals surface area contributed by atoms with Crippen molar-refractivity contribution in [1.82, 2.24) is 34.0 Å². The number of aromatic nitrogens is 6. The first kappa shape index (κ1) is 17.7. The van der Waals surface area contributed by atoms with Crippen LogP contribution in [0.3, 0.4) is 0 Å². The second kappa shape index (κ2) is 7.57. The molecule has 29 heavy (non-hydrogen) atoms. The molecule has 3 aromatic heterocycles. The van der Waals surface area contributed by atoms with E-state index in [0.29, 0.717) is 18.3 Å². The van der Waals surface area contributed by atoms with Gasteiger partial charge in [-0.2, -0.15) is 4.98 Å². The second-order valence-electron chi connectivity index (χ2n) is 6.78. The normalized spacial score (nSPS) is 15.2. The summed E-state index contributed by atoms with van der Waals surface area (Å²) in [5.41, 5.74) is 1.80. The molecule has 0 aliphatic carbocycles. The Bertz CT molecular complexity index is 1130. The Hall–Kier alpha value is -3.37. The minimum atomic E-state index is -0.418. The van der Waals surface area contributed by atoms with Gasteiger partial charge in [-0.25, -0.2) is 14.5 Å². The Balaban J connectivity index is 1.41. The molecule has 148 valence electrons. The fraction of sp³-hybridized carbons (Fsp3) is 0.316. The molecule has 0 spiro atoms. The molecular formula is C19H20N8O2. The van der Waals surface area contributed by atoms with Gasteiger partial charge in [0.15, 0.2) is 0 Å². The average Bonchev–Trinajstić information content (AvgIpc) is 3.34. The van der Waals surface area contributed by atoms with Gasteiger partial charge in [0.25, 0.3) is 11.7 Å². The SMILES string of the molecule is O=C(Nc1nc2ccccc2n1CCN1CCOCC1)c1nc2ncccn2n1. The van der Waals surface area contributed by atoms with E-state index in [-0.39, 0.29) is 5.82 Å². The van der Waals surface area contributed by atoms with E-state index in [1.165, 1.54) is 4.52 Å². The zero-order chi connectivity index (χ0) is 19.6. The maximum absolute atomic E-state index is 12.8. The number of hydrogen-bond acceptors (Lipinski definition) is 7. The van der Waals surface area contributed by atoms with Gasteiger partial charge >= 0.3 is 0 Å². The summed E-state index contributed by atoms with van der Waals surface area (Å²) in [6, 6.07) is 9.57. The van der Waals surface area contributed by atoms with Gasteiger partial charge in [0.1, 0.15) is 0 Å². The zero-order valence-corrected chi connectivity index (χ0v) is 15.7. The molecule has 1 aliphatic heterocycles. The van der Waals surface area contributed by atoms with E-state index in [1.807, 2.05) is 28.8 Å². The summed E-state index contributed by atoms with van der Waals surface area (Å²) in [7, 11) is 0. The first-order chi connectivity index (χ1) is 14.3. The van der Waals surface area contributed by atoms with Gasteiger partial charge in [-0.1, -0.05) is 12.1 Å². The summed E-state index contributed by atoms with van der Waals surface area (Å²) < 4.78 is 8.91. The molecule has 0 radical (unpaired) electrons. The van der Waals surface area contributed by atoms with E-state index in [1.54, 1.807) is 18.5 Å². The molecule has 5 rings (SSSR count).